The van der Waals surface area contributed by atoms with Crippen LogP contribution in [0.25, 0.3) is 0 Å². The monoisotopic (exact) mass is 304 g/mol. The van der Waals surface area contributed by atoms with Crippen LogP contribution < -0.4 is 5.32 Å². The van der Waals surface area contributed by atoms with Gasteiger partial charge in [-0.25, -0.2) is 4.98 Å². The highest BCUT2D eigenvalue weighted by atomic mass is 32.2. The second-order valence-electron chi connectivity index (χ2n) is 5.08. The van der Waals surface area contributed by atoms with E-state index in [2.05, 4.69) is 58.6 Å². The Balaban J connectivity index is 1.67. The molecule has 1 aromatic heterocycles. The van der Waals surface area contributed by atoms with Crippen LogP contribution >= 0.6 is 11.8 Å². The van der Waals surface area contributed by atoms with Crippen molar-refractivity contribution in [1.29, 1.82) is 0 Å². The van der Waals surface area contributed by atoms with E-state index >= 15 is 0 Å². The van der Waals surface area contributed by atoms with E-state index in [4.69, 9.17) is 0 Å². The maximum atomic E-state index is 11.7. The van der Waals surface area contributed by atoms with Crippen molar-refractivity contribution in [3.05, 3.63) is 41.7 Å². The summed E-state index contributed by atoms with van der Waals surface area (Å²) >= 11 is 1.35. The van der Waals surface area contributed by atoms with Gasteiger partial charge < -0.3 is 5.32 Å². The SMILES string of the molecule is CC(C)c1ccc(CCNC(=O)CSc2ncn[nH]2)cc1. The second-order valence-corrected chi connectivity index (χ2v) is 6.04. The first kappa shape index (κ1) is 15.6. The molecule has 0 saturated carbocycles. The molecule has 112 valence electrons. The largest absolute Gasteiger partial charge is 0.355 e. The van der Waals surface area contributed by atoms with Crippen LogP contribution in [-0.2, 0) is 11.2 Å². The number of benzene rings is 1. The third-order valence-electron chi connectivity index (χ3n) is 3.12. The van der Waals surface area contributed by atoms with Gasteiger partial charge in [-0.05, 0) is 23.5 Å². The molecule has 0 atom stereocenters. The van der Waals surface area contributed by atoms with Crippen molar-refractivity contribution in [3.8, 4) is 0 Å². The highest BCUT2D eigenvalue weighted by molar-refractivity contribution is 7.99. The zero-order chi connectivity index (χ0) is 15.1. The topological polar surface area (TPSA) is 70.7 Å². The predicted octanol–water partition coefficient (Wildman–Crippen LogP) is 2.38. The standard InChI is InChI=1S/C15H20N4OS/c1-11(2)13-5-3-12(4-6-13)7-8-16-14(20)9-21-15-17-10-18-19-15/h3-6,10-11H,7-9H2,1-2H3,(H,16,20)(H,17,18,19). The Morgan fingerprint density at radius 2 is 2.10 bits per heavy atom. The summed E-state index contributed by atoms with van der Waals surface area (Å²) in [6, 6.07) is 8.57. The van der Waals surface area contributed by atoms with Crippen LogP contribution in [0.1, 0.15) is 30.9 Å². The van der Waals surface area contributed by atoms with Gasteiger partial charge in [-0.2, -0.15) is 5.10 Å². The van der Waals surface area contributed by atoms with Gasteiger partial charge in [-0.1, -0.05) is 49.9 Å². The molecule has 0 spiro atoms. The van der Waals surface area contributed by atoms with Crippen LogP contribution in [0.2, 0.25) is 0 Å². The minimum atomic E-state index is 0.00944. The predicted molar refractivity (Wildman–Crippen MR) is 84.4 cm³/mol. The number of carbonyl (C=O) groups excluding carboxylic acids is 1. The molecular weight excluding hydrogens is 284 g/mol. The van der Waals surface area contributed by atoms with E-state index in [9.17, 15) is 4.79 Å². The van der Waals surface area contributed by atoms with Gasteiger partial charge in [0.25, 0.3) is 0 Å². The van der Waals surface area contributed by atoms with E-state index in [-0.39, 0.29) is 5.91 Å². The Bertz CT molecular complexity index is 552. The van der Waals surface area contributed by atoms with Gasteiger partial charge in [0.15, 0.2) is 5.16 Å². The number of amides is 1. The first-order valence-electron chi connectivity index (χ1n) is 6.99. The van der Waals surface area contributed by atoms with Crippen LogP contribution in [0.15, 0.2) is 35.7 Å². The van der Waals surface area contributed by atoms with Crippen molar-refractivity contribution in [2.75, 3.05) is 12.3 Å². The third-order valence-corrected chi connectivity index (χ3v) is 3.99. The lowest BCUT2D eigenvalue weighted by Crippen LogP contribution is -2.27. The van der Waals surface area contributed by atoms with E-state index in [1.807, 2.05) is 0 Å². The number of nitrogens with zero attached hydrogens (tertiary/aromatic N) is 2. The molecule has 0 aliphatic carbocycles. The number of hydrogen-bond acceptors (Lipinski definition) is 4. The Kier molecular flexibility index (Phi) is 5.80. The Morgan fingerprint density at radius 1 is 1.33 bits per heavy atom. The summed E-state index contributed by atoms with van der Waals surface area (Å²) < 4.78 is 0. The minimum absolute atomic E-state index is 0.00944. The highest BCUT2D eigenvalue weighted by Crippen LogP contribution is 2.14. The van der Waals surface area contributed by atoms with Crippen molar-refractivity contribution in [1.82, 2.24) is 20.5 Å². The smallest absolute Gasteiger partial charge is 0.230 e. The van der Waals surface area contributed by atoms with Gasteiger partial charge in [-0.3, -0.25) is 9.89 Å². The van der Waals surface area contributed by atoms with Crippen LogP contribution in [0.5, 0.6) is 0 Å². The number of nitrogens with one attached hydrogen (secondary N) is 2. The molecule has 2 aromatic rings. The molecule has 5 nitrogen and oxygen atoms in total. The quantitative estimate of drug-likeness (QED) is 0.771. The van der Waals surface area contributed by atoms with E-state index in [0.29, 0.717) is 23.4 Å². The Hall–Kier alpha value is -1.82. The number of H-pyrrole nitrogens is 1. The molecule has 1 heterocycles. The van der Waals surface area contributed by atoms with Crippen molar-refractivity contribution >= 4 is 17.7 Å². The normalized spacial score (nSPS) is 10.8. The molecule has 0 radical (unpaired) electrons. The van der Waals surface area contributed by atoms with Crippen LogP contribution in [-0.4, -0.2) is 33.4 Å². The maximum absolute atomic E-state index is 11.7. The molecule has 21 heavy (non-hydrogen) atoms. The summed E-state index contributed by atoms with van der Waals surface area (Å²) in [5.41, 5.74) is 2.58. The number of aromatic amines is 1. The molecule has 0 unspecified atom stereocenters. The average Bonchev–Trinajstić information content (AvgIpc) is 2.99. The van der Waals surface area contributed by atoms with Gasteiger partial charge in [0.05, 0.1) is 5.75 Å². The molecule has 6 heteroatoms. The van der Waals surface area contributed by atoms with Gasteiger partial charge in [0.2, 0.25) is 5.91 Å². The fourth-order valence-electron chi connectivity index (χ4n) is 1.86. The van der Waals surface area contributed by atoms with Crippen LogP contribution in [0, 0.1) is 0 Å². The van der Waals surface area contributed by atoms with Crippen molar-refractivity contribution in [2.24, 2.45) is 0 Å². The van der Waals surface area contributed by atoms with Crippen LogP contribution in [0.4, 0.5) is 0 Å². The number of aromatic nitrogens is 3. The van der Waals surface area contributed by atoms with Gasteiger partial charge in [-0.15, -0.1) is 0 Å². The van der Waals surface area contributed by atoms with Crippen molar-refractivity contribution in [2.45, 2.75) is 31.3 Å². The van der Waals surface area contributed by atoms with Gasteiger partial charge >= 0.3 is 0 Å². The van der Waals surface area contributed by atoms with Gasteiger partial charge in [0, 0.05) is 6.54 Å². The fourth-order valence-corrected chi connectivity index (χ4v) is 2.47. The summed E-state index contributed by atoms with van der Waals surface area (Å²) in [7, 11) is 0. The summed E-state index contributed by atoms with van der Waals surface area (Å²) in [4.78, 5) is 15.6. The molecule has 0 aliphatic heterocycles. The number of rotatable bonds is 7. The molecule has 0 aliphatic rings. The lowest BCUT2D eigenvalue weighted by molar-refractivity contribution is -0.118. The highest BCUT2D eigenvalue weighted by Gasteiger charge is 2.04. The molecule has 0 fully saturated rings. The fraction of sp³-hybridized carbons (Fsp3) is 0.400. The zero-order valence-corrected chi connectivity index (χ0v) is 13.1. The first-order chi connectivity index (χ1) is 10.1. The molecule has 2 N–H and O–H groups in total. The molecule has 0 bridgehead atoms. The maximum Gasteiger partial charge on any atom is 0.230 e. The lowest BCUT2D eigenvalue weighted by Gasteiger charge is -2.07. The van der Waals surface area contributed by atoms with Crippen LogP contribution in [0.3, 0.4) is 0 Å². The van der Waals surface area contributed by atoms with E-state index in [1.165, 1.54) is 29.2 Å². The molecule has 1 aromatic carbocycles. The lowest BCUT2D eigenvalue weighted by atomic mass is 10.0. The number of thioether (sulfide) groups is 1. The average molecular weight is 304 g/mol. The van der Waals surface area contributed by atoms with E-state index in [1.54, 1.807) is 0 Å². The van der Waals surface area contributed by atoms with Crippen molar-refractivity contribution < 1.29 is 4.79 Å². The molecule has 2 rings (SSSR count). The summed E-state index contributed by atoms with van der Waals surface area (Å²) in [5, 5.41) is 10.0. The third kappa shape index (κ3) is 5.23. The minimum Gasteiger partial charge on any atom is -0.355 e. The van der Waals surface area contributed by atoms with E-state index < -0.39 is 0 Å². The Labute approximate surface area is 128 Å². The summed E-state index contributed by atoms with van der Waals surface area (Å²) in [6.45, 7) is 5.01. The number of hydrogen-bond donors (Lipinski definition) is 2. The molecule has 0 saturated heterocycles. The van der Waals surface area contributed by atoms with E-state index in [0.717, 1.165) is 6.42 Å². The summed E-state index contributed by atoms with van der Waals surface area (Å²) in [6.07, 6.45) is 2.28. The Morgan fingerprint density at radius 3 is 2.71 bits per heavy atom. The first-order valence-corrected chi connectivity index (χ1v) is 7.97. The summed E-state index contributed by atoms with van der Waals surface area (Å²) in [5.74, 6) is 0.906. The number of carbonyl (C=O) groups is 1. The zero-order valence-electron chi connectivity index (χ0n) is 12.3. The van der Waals surface area contributed by atoms with Crippen molar-refractivity contribution in [3.63, 3.8) is 0 Å². The van der Waals surface area contributed by atoms with Gasteiger partial charge in [0.1, 0.15) is 6.33 Å². The molecule has 1 amide bonds. The second kappa shape index (κ2) is 7.83. The molecular formula is C15H20N4OS.